The molecule has 10 heteroatoms. The van der Waals surface area contributed by atoms with Gasteiger partial charge in [-0.05, 0) is 0 Å². The van der Waals surface area contributed by atoms with Crippen LogP contribution in [0.4, 0.5) is 27.2 Å². The summed E-state index contributed by atoms with van der Waals surface area (Å²) in [6, 6.07) is 0. The Morgan fingerprint density at radius 2 is 1.50 bits per heavy atom. The molecule has 0 fully saturated rings. The maximum absolute atomic E-state index is 12.3. The molecule has 0 bridgehead atoms. The first-order valence-corrected chi connectivity index (χ1v) is 3.56. The van der Waals surface area contributed by atoms with Gasteiger partial charge in [-0.1, -0.05) is 0 Å². The lowest BCUT2D eigenvalue weighted by Crippen LogP contribution is -2.52. The molecule has 0 unspecified atom stereocenters. The average Bonchev–Trinajstić information content (AvgIpc) is 2.10. The maximum atomic E-state index is 12.3. The van der Waals surface area contributed by atoms with Crippen molar-refractivity contribution in [3.8, 4) is 0 Å². The molecule has 0 spiro atoms. The van der Waals surface area contributed by atoms with Gasteiger partial charge in [0.25, 0.3) is 18.5 Å². The van der Waals surface area contributed by atoms with Crippen molar-refractivity contribution in [2.75, 3.05) is 6.61 Å². The van der Waals surface area contributed by atoms with Gasteiger partial charge in [0.2, 0.25) is 0 Å². The predicted octanol–water partition coefficient (Wildman–Crippen LogP) is 1.64. The number of hydrogen-bond donors (Lipinski definition) is 2. The lowest BCUT2D eigenvalue weighted by Gasteiger charge is -2.29. The van der Waals surface area contributed by atoms with Crippen molar-refractivity contribution < 1.29 is 46.8 Å². The summed E-state index contributed by atoms with van der Waals surface area (Å²) < 4.78 is 55.9. The average molecular weight is 250 g/mol. The van der Waals surface area contributed by atoms with Crippen LogP contribution in [0.5, 0.6) is 0 Å². The number of carbonyl (C=O) groups is 2. The standard InChI is InChI=1S/C6H6F4O6/c7-2(8)6(3(9)10,16-5(13)14)1-15-4(11)12/h2-3H,1H2,(H,11,12)(H,13,14). The second kappa shape index (κ2) is 5.37. The van der Waals surface area contributed by atoms with E-state index in [-0.39, 0.29) is 0 Å². The summed E-state index contributed by atoms with van der Waals surface area (Å²) in [7, 11) is 0. The summed E-state index contributed by atoms with van der Waals surface area (Å²) in [6.07, 6.45) is -12.4. The van der Waals surface area contributed by atoms with Crippen LogP contribution in [0.25, 0.3) is 0 Å². The van der Waals surface area contributed by atoms with E-state index in [0.717, 1.165) is 0 Å². The molecule has 0 heterocycles. The van der Waals surface area contributed by atoms with Crippen LogP contribution in [-0.2, 0) is 9.47 Å². The number of hydrogen-bond acceptors (Lipinski definition) is 4. The van der Waals surface area contributed by atoms with Gasteiger partial charge in [-0.15, -0.1) is 0 Å². The minimum atomic E-state index is -3.94. The molecule has 6 nitrogen and oxygen atoms in total. The first-order valence-electron chi connectivity index (χ1n) is 3.56. The third-order valence-corrected chi connectivity index (χ3v) is 1.44. The molecule has 0 aromatic heterocycles. The molecule has 0 amide bonds. The van der Waals surface area contributed by atoms with Crippen LogP contribution < -0.4 is 0 Å². The highest BCUT2D eigenvalue weighted by Crippen LogP contribution is 2.29. The van der Waals surface area contributed by atoms with Crippen LogP contribution in [-0.4, -0.2) is 47.6 Å². The molecule has 0 saturated carbocycles. The Balaban J connectivity index is 4.93. The molecule has 0 saturated heterocycles. The monoisotopic (exact) mass is 250 g/mol. The van der Waals surface area contributed by atoms with Gasteiger partial charge in [0, 0.05) is 0 Å². The van der Waals surface area contributed by atoms with Crippen molar-refractivity contribution in [1.82, 2.24) is 0 Å². The Hall–Kier alpha value is -1.74. The minimum absolute atomic E-state index is 1.80. The highest BCUT2D eigenvalue weighted by atomic mass is 19.3. The van der Waals surface area contributed by atoms with Crippen LogP contribution >= 0.6 is 0 Å². The van der Waals surface area contributed by atoms with Crippen molar-refractivity contribution in [2.45, 2.75) is 18.5 Å². The van der Waals surface area contributed by atoms with Crippen molar-refractivity contribution >= 4 is 12.3 Å². The van der Waals surface area contributed by atoms with Gasteiger partial charge in [0.15, 0.2) is 0 Å². The smallest absolute Gasteiger partial charge is 0.450 e. The minimum Gasteiger partial charge on any atom is -0.450 e. The molecule has 0 aliphatic heterocycles. The molecule has 0 aliphatic carbocycles. The normalized spacial score (nSPS) is 11.6. The van der Waals surface area contributed by atoms with E-state index in [4.69, 9.17) is 10.2 Å². The molecular weight excluding hydrogens is 244 g/mol. The van der Waals surface area contributed by atoms with Gasteiger partial charge < -0.3 is 19.7 Å². The molecule has 0 aromatic carbocycles. The molecule has 0 atom stereocenters. The van der Waals surface area contributed by atoms with Crippen LogP contribution in [0.2, 0.25) is 0 Å². The molecule has 0 aliphatic rings. The van der Waals surface area contributed by atoms with Gasteiger partial charge in [0.1, 0.15) is 6.61 Å². The Morgan fingerprint density at radius 1 is 1.06 bits per heavy atom. The van der Waals surface area contributed by atoms with E-state index in [1.54, 1.807) is 0 Å². The van der Waals surface area contributed by atoms with E-state index in [2.05, 4.69) is 9.47 Å². The fourth-order valence-corrected chi connectivity index (χ4v) is 0.677. The number of ether oxygens (including phenoxy) is 2. The van der Waals surface area contributed by atoms with E-state index in [9.17, 15) is 27.2 Å². The fraction of sp³-hybridized carbons (Fsp3) is 0.667. The number of alkyl halides is 4. The van der Waals surface area contributed by atoms with Crippen molar-refractivity contribution in [2.24, 2.45) is 0 Å². The fourth-order valence-electron chi connectivity index (χ4n) is 0.677. The topological polar surface area (TPSA) is 93.1 Å². The van der Waals surface area contributed by atoms with E-state index in [0.29, 0.717) is 0 Å². The lowest BCUT2D eigenvalue weighted by atomic mass is 10.1. The van der Waals surface area contributed by atoms with Crippen molar-refractivity contribution in [3.63, 3.8) is 0 Å². The van der Waals surface area contributed by atoms with Crippen LogP contribution in [0.1, 0.15) is 0 Å². The van der Waals surface area contributed by atoms with Gasteiger partial charge >= 0.3 is 12.3 Å². The lowest BCUT2D eigenvalue weighted by molar-refractivity contribution is -0.203. The van der Waals surface area contributed by atoms with E-state index < -0.39 is 37.4 Å². The Kier molecular flexibility index (Phi) is 4.79. The van der Waals surface area contributed by atoms with Crippen LogP contribution in [0, 0.1) is 0 Å². The highest BCUT2D eigenvalue weighted by molar-refractivity contribution is 5.58. The second-order valence-corrected chi connectivity index (χ2v) is 2.48. The second-order valence-electron chi connectivity index (χ2n) is 2.48. The summed E-state index contributed by atoms with van der Waals surface area (Å²) in [6.45, 7) is -1.80. The molecule has 0 rings (SSSR count). The van der Waals surface area contributed by atoms with Gasteiger partial charge in [-0.25, -0.2) is 27.2 Å². The summed E-state index contributed by atoms with van der Waals surface area (Å²) >= 11 is 0. The van der Waals surface area contributed by atoms with E-state index in [1.807, 2.05) is 0 Å². The van der Waals surface area contributed by atoms with Crippen LogP contribution in [0.15, 0.2) is 0 Å². The van der Waals surface area contributed by atoms with Crippen LogP contribution in [0.3, 0.4) is 0 Å². The first kappa shape index (κ1) is 14.3. The summed E-state index contributed by atoms with van der Waals surface area (Å²) in [5.41, 5.74) is -3.82. The maximum Gasteiger partial charge on any atom is 0.506 e. The predicted molar refractivity (Wildman–Crippen MR) is 37.8 cm³/mol. The van der Waals surface area contributed by atoms with E-state index in [1.165, 1.54) is 0 Å². The molecule has 0 radical (unpaired) electrons. The number of carboxylic acid groups (broad SMARTS) is 2. The van der Waals surface area contributed by atoms with E-state index >= 15 is 0 Å². The quantitative estimate of drug-likeness (QED) is 0.569. The Labute approximate surface area is 85.4 Å². The first-order chi connectivity index (χ1) is 7.22. The van der Waals surface area contributed by atoms with Gasteiger partial charge in [-0.3, -0.25) is 0 Å². The molecule has 2 N–H and O–H groups in total. The summed E-state index contributed by atoms with van der Waals surface area (Å²) in [5, 5.41) is 16.0. The van der Waals surface area contributed by atoms with Crippen molar-refractivity contribution in [1.29, 1.82) is 0 Å². The van der Waals surface area contributed by atoms with Crippen molar-refractivity contribution in [3.05, 3.63) is 0 Å². The highest BCUT2D eigenvalue weighted by Gasteiger charge is 2.54. The Morgan fingerprint density at radius 3 is 1.75 bits per heavy atom. The zero-order valence-electron chi connectivity index (χ0n) is 7.40. The zero-order chi connectivity index (χ0) is 12.9. The molecule has 16 heavy (non-hydrogen) atoms. The Bertz CT molecular complexity index is 260. The third kappa shape index (κ3) is 3.44. The largest absolute Gasteiger partial charge is 0.506 e. The summed E-state index contributed by atoms with van der Waals surface area (Å²) in [4.78, 5) is 19.8. The van der Waals surface area contributed by atoms with Gasteiger partial charge in [0.05, 0.1) is 0 Å². The summed E-state index contributed by atoms with van der Waals surface area (Å²) in [5.74, 6) is 0. The zero-order valence-corrected chi connectivity index (χ0v) is 7.40. The SMILES string of the molecule is O=C(O)OCC(OC(=O)O)(C(F)F)C(F)F. The third-order valence-electron chi connectivity index (χ3n) is 1.44. The number of rotatable bonds is 5. The number of halogens is 4. The molecule has 0 aromatic rings. The van der Waals surface area contributed by atoms with Gasteiger partial charge in [-0.2, -0.15) is 0 Å². The molecular formula is C6H6F4O6. The molecule has 94 valence electrons.